The van der Waals surface area contributed by atoms with E-state index in [4.69, 9.17) is 11.6 Å². The van der Waals surface area contributed by atoms with Crippen LogP contribution in [0.3, 0.4) is 0 Å². The van der Waals surface area contributed by atoms with Gasteiger partial charge in [-0.25, -0.2) is 4.98 Å². The molecule has 0 saturated heterocycles. The summed E-state index contributed by atoms with van der Waals surface area (Å²) in [6, 6.07) is 12.5. The summed E-state index contributed by atoms with van der Waals surface area (Å²) in [7, 11) is 0. The number of hydrogen-bond donors (Lipinski definition) is 3. The molecule has 0 unspecified atom stereocenters. The number of carbonyl (C=O) groups is 2. The molecule has 0 atom stereocenters. The van der Waals surface area contributed by atoms with Crippen molar-refractivity contribution in [3.8, 4) is 0 Å². The van der Waals surface area contributed by atoms with Gasteiger partial charge in [-0.3, -0.25) is 25.2 Å². The minimum absolute atomic E-state index is 0.0732. The Morgan fingerprint density at radius 1 is 1.17 bits per heavy atom. The predicted octanol–water partition coefficient (Wildman–Crippen LogP) is 3.34. The Kier molecular flexibility index (Phi) is 5.52. The number of rotatable bonds is 4. The Balaban J connectivity index is 1.37. The van der Waals surface area contributed by atoms with E-state index in [2.05, 4.69) is 20.8 Å². The lowest BCUT2D eigenvalue weighted by atomic mass is 10.1. The van der Waals surface area contributed by atoms with Crippen molar-refractivity contribution in [3.63, 3.8) is 0 Å². The highest BCUT2D eigenvalue weighted by molar-refractivity contribution is 8.01. The zero-order valence-corrected chi connectivity index (χ0v) is 17.1. The fourth-order valence-electron chi connectivity index (χ4n) is 2.63. The molecule has 4 aromatic rings. The van der Waals surface area contributed by atoms with Crippen molar-refractivity contribution in [2.24, 2.45) is 0 Å². The summed E-state index contributed by atoms with van der Waals surface area (Å²) in [6.07, 6.45) is 1.30. The van der Waals surface area contributed by atoms with E-state index >= 15 is 0 Å². The van der Waals surface area contributed by atoms with Gasteiger partial charge in [0.15, 0.2) is 4.34 Å². The van der Waals surface area contributed by atoms with Crippen molar-refractivity contribution in [2.75, 3.05) is 5.75 Å². The van der Waals surface area contributed by atoms with Gasteiger partial charge in [0.25, 0.3) is 5.91 Å². The summed E-state index contributed by atoms with van der Waals surface area (Å²) in [5.74, 6) is -1.06. The smallest absolute Gasteiger partial charge is 0.275 e. The number of amides is 2. The molecule has 29 heavy (non-hydrogen) atoms. The third-order valence-corrected chi connectivity index (χ3v) is 6.42. The number of hydrogen-bond acceptors (Lipinski definition) is 6. The number of thiazole rings is 1. The lowest BCUT2D eigenvalue weighted by Gasteiger charge is -2.07. The number of carbonyl (C=O) groups excluding carboxylic acids is 2. The van der Waals surface area contributed by atoms with Crippen LogP contribution in [0, 0.1) is 0 Å². The van der Waals surface area contributed by atoms with E-state index < -0.39 is 17.2 Å². The Hall–Kier alpha value is -2.88. The number of aromatic amines is 1. The average Bonchev–Trinajstić information content (AvgIpc) is 3.14. The summed E-state index contributed by atoms with van der Waals surface area (Å²) in [5.41, 5.74) is 5.41. The summed E-state index contributed by atoms with van der Waals surface area (Å²) in [6.45, 7) is 0. The van der Waals surface area contributed by atoms with E-state index in [1.807, 2.05) is 24.3 Å². The SMILES string of the molecule is O=C(CSc1nc2ccccc2s1)NNC(=O)c1c[nH]c2ccc(Cl)cc2c1=O. The molecule has 0 aliphatic rings. The molecule has 7 nitrogen and oxygen atoms in total. The molecule has 0 spiro atoms. The molecule has 0 bridgehead atoms. The minimum atomic E-state index is -0.716. The zero-order valence-electron chi connectivity index (χ0n) is 14.7. The van der Waals surface area contributed by atoms with E-state index in [1.165, 1.54) is 35.4 Å². The second-order valence-electron chi connectivity index (χ2n) is 5.96. The molecule has 2 aromatic heterocycles. The number of benzene rings is 2. The van der Waals surface area contributed by atoms with Crippen LogP contribution in [0.25, 0.3) is 21.1 Å². The maximum Gasteiger partial charge on any atom is 0.275 e. The fourth-order valence-corrected chi connectivity index (χ4v) is 4.67. The van der Waals surface area contributed by atoms with Crippen molar-refractivity contribution < 1.29 is 9.59 Å². The van der Waals surface area contributed by atoms with E-state index in [-0.39, 0.29) is 11.3 Å². The number of hydrazine groups is 1. The van der Waals surface area contributed by atoms with Crippen LogP contribution in [0.5, 0.6) is 0 Å². The number of nitrogens with one attached hydrogen (secondary N) is 3. The molecule has 146 valence electrons. The number of para-hydroxylation sites is 1. The van der Waals surface area contributed by atoms with Crippen LogP contribution >= 0.6 is 34.7 Å². The monoisotopic (exact) mass is 444 g/mol. The standard InChI is InChI=1S/C19H13ClN4O3S2/c20-10-5-6-13-11(7-10)17(26)12(8-21-13)18(27)24-23-16(25)9-28-19-22-14-3-1-2-4-15(14)29-19/h1-8H,9H2,(H,21,26)(H,23,25)(H,24,27). The average molecular weight is 445 g/mol. The molecule has 2 amide bonds. The van der Waals surface area contributed by atoms with E-state index in [0.717, 1.165) is 14.6 Å². The molecule has 0 aliphatic carbocycles. The molecule has 0 aliphatic heterocycles. The van der Waals surface area contributed by atoms with Gasteiger partial charge in [0.2, 0.25) is 11.3 Å². The van der Waals surface area contributed by atoms with Crippen molar-refractivity contribution in [2.45, 2.75) is 4.34 Å². The quantitative estimate of drug-likeness (QED) is 0.331. The fraction of sp³-hybridized carbons (Fsp3) is 0.0526. The summed E-state index contributed by atoms with van der Waals surface area (Å²) < 4.78 is 1.80. The van der Waals surface area contributed by atoms with Gasteiger partial charge in [0.1, 0.15) is 5.56 Å². The lowest BCUT2D eigenvalue weighted by Crippen LogP contribution is -2.44. The Morgan fingerprint density at radius 2 is 2.00 bits per heavy atom. The summed E-state index contributed by atoms with van der Waals surface area (Å²) in [4.78, 5) is 44.1. The maximum absolute atomic E-state index is 12.5. The molecular formula is C19H13ClN4O3S2. The molecule has 0 saturated carbocycles. The molecule has 2 aromatic carbocycles. The van der Waals surface area contributed by atoms with Crippen molar-refractivity contribution in [1.29, 1.82) is 0 Å². The minimum Gasteiger partial charge on any atom is -0.360 e. The van der Waals surface area contributed by atoms with E-state index in [1.54, 1.807) is 12.1 Å². The van der Waals surface area contributed by atoms with Crippen molar-refractivity contribution in [1.82, 2.24) is 20.8 Å². The van der Waals surface area contributed by atoms with E-state index in [9.17, 15) is 14.4 Å². The molecule has 2 heterocycles. The lowest BCUT2D eigenvalue weighted by molar-refractivity contribution is -0.119. The third kappa shape index (κ3) is 4.26. The maximum atomic E-state index is 12.5. The van der Waals surface area contributed by atoms with Gasteiger partial charge in [-0.2, -0.15) is 0 Å². The number of fused-ring (bicyclic) bond motifs is 2. The van der Waals surface area contributed by atoms with Crippen LogP contribution in [0.4, 0.5) is 0 Å². The number of aromatic nitrogens is 2. The highest BCUT2D eigenvalue weighted by Crippen LogP contribution is 2.28. The first-order valence-corrected chi connectivity index (χ1v) is 10.6. The first-order chi connectivity index (χ1) is 14.0. The van der Waals surface area contributed by atoms with Gasteiger partial charge in [-0.05, 0) is 30.3 Å². The third-order valence-electron chi connectivity index (χ3n) is 4.00. The molecule has 4 rings (SSSR count). The van der Waals surface area contributed by atoms with Gasteiger partial charge in [-0.15, -0.1) is 11.3 Å². The van der Waals surface area contributed by atoms with Crippen molar-refractivity contribution >= 4 is 67.6 Å². The first-order valence-electron chi connectivity index (χ1n) is 8.40. The van der Waals surface area contributed by atoms with Crippen LogP contribution in [-0.2, 0) is 4.79 Å². The Labute approximate surface area is 177 Å². The number of pyridine rings is 1. The van der Waals surface area contributed by atoms with E-state index in [0.29, 0.717) is 15.9 Å². The molecule has 3 N–H and O–H groups in total. The van der Waals surface area contributed by atoms with Gasteiger partial charge in [0.05, 0.1) is 16.0 Å². The summed E-state index contributed by atoms with van der Waals surface area (Å²) >= 11 is 8.68. The predicted molar refractivity (Wildman–Crippen MR) is 116 cm³/mol. The normalized spacial score (nSPS) is 10.9. The Bertz CT molecular complexity index is 1270. The largest absolute Gasteiger partial charge is 0.360 e. The topological polar surface area (TPSA) is 104 Å². The van der Waals surface area contributed by atoms with Gasteiger partial charge in [-0.1, -0.05) is 35.5 Å². The van der Waals surface area contributed by atoms with Gasteiger partial charge in [0, 0.05) is 22.1 Å². The zero-order chi connectivity index (χ0) is 20.4. The number of thioether (sulfide) groups is 1. The second-order valence-corrected chi connectivity index (χ2v) is 8.65. The first kappa shape index (κ1) is 19.4. The van der Waals surface area contributed by atoms with Crippen LogP contribution in [0.15, 0.2) is 57.8 Å². The number of halogens is 1. The van der Waals surface area contributed by atoms with Crippen LogP contribution in [0.1, 0.15) is 10.4 Å². The highest BCUT2D eigenvalue weighted by Gasteiger charge is 2.14. The van der Waals surface area contributed by atoms with Gasteiger partial charge >= 0.3 is 0 Å². The van der Waals surface area contributed by atoms with Crippen LogP contribution < -0.4 is 16.3 Å². The van der Waals surface area contributed by atoms with Crippen molar-refractivity contribution in [3.05, 3.63) is 69.5 Å². The van der Waals surface area contributed by atoms with Crippen LogP contribution in [0.2, 0.25) is 5.02 Å². The van der Waals surface area contributed by atoms with Gasteiger partial charge < -0.3 is 4.98 Å². The van der Waals surface area contributed by atoms with Crippen LogP contribution in [-0.4, -0.2) is 27.5 Å². The Morgan fingerprint density at radius 3 is 2.83 bits per heavy atom. The second kappa shape index (κ2) is 8.24. The molecule has 10 heteroatoms. The highest BCUT2D eigenvalue weighted by atomic mass is 35.5. The molecular weight excluding hydrogens is 432 g/mol. The molecule has 0 radical (unpaired) electrons. The summed E-state index contributed by atoms with van der Waals surface area (Å²) in [5, 5.41) is 0.684. The number of nitrogens with zero attached hydrogens (tertiary/aromatic N) is 1. The number of H-pyrrole nitrogens is 1. The molecule has 0 fully saturated rings.